The van der Waals surface area contributed by atoms with E-state index in [9.17, 15) is 14.7 Å². The van der Waals surface area contributed by atoms with Gasteiger partial charge in [0, 0.05) is 11.6 Å². The average Bonchev–Trinajstić information content (AvgIpc) is 2.76. The van der Waals surface area contributed by atoms with E-state index in [-0.39, 0.29) is 17.0 Å². The number of imidazole rings is 1. The third-order valence-electron chi connectivity index (χ3n) is 2.93. The van der Waals surface area contributed by atoms with Crippen LogP contribution in [-0.2, 0) is 0 Å². The fourth-order valence-electron chi connectivity index (χ4n) is 2.10. The second kappa shape index (κ2) is 4.23. The van der Waals surface area contributed by atoms with Crippen LogP contribution in [0.5, 0.6) is 0 Å². The van der Waals surface area contributed by atoms with E-state index >= 15 is 0 Å². The molecule has 0 atom stereocenters. The third kappa shape index (κ3) is 1.72. The molecular formula is C13H10N4O3. The molecule has 0 bridgehead atoms. The number of aromatic nitrogens is 3. The zero-order valence-corrected chi connectivity index (χ0v) is 10.2. The average molecular weight is 270 g/mol. The lowest BCUT2D eigenvalue weighted by Crippen LogP contribution is -2.16. The van der Waals surface area contributed by atoms with Crippen molar-refractivity contribution < 1.29 is 9.90 Å². The number of aromatic amines is 1. The number of carboxylic acids is 1. The summed E-state index contributed by atoms with van der Waals surface area (Å²) in [5, 5.41) is 11.7. The van der Waals surface area contributed by atoms with Crippen LogP contribution in [0.4, 0.5) is 5.95 Å². The molecule has 0 saturated heterocycles. The SMILES string of the molecule is Nc1nc(-c2ccccc2)c2c(C(=O)O)cc(=O)[nH]n12. The van der Waals surface area contributed by atoms with Crippen LogP contribution in [0.2, 0.25) is 0 Å². The van der Waals surface area contributed by atoms with Crippen LogP contribution >= 0.6 is 0 Å². The van der Waals surface area contributed by atoms with Crippen molar-refractivity contribution in [1.82, 2.24) is 14.6 Å². The molecule has 0 aliphatic rings. The van der Waals surface area contributed by atoms with Crippen LogP contribution in [-0.4, -0.2) is 25.7 Å². The van der Waals surface area contributed by atoms with Crippen molar-refractivity contribution in [3.63, 3.8) is 0 Å². The normalized spacial score (nSPS) is 10.8. The number of hydrogen-bond acceptors (Lipinski definition) is 4. The summed E-state index contributed by atoms with van der Waals surface area (Å²) in [6.07, 6.45) is 0. The number of benzene rings is 1. The van der Waals surface area contributed by atoms with Crippen LogP contribution in [0.25, 0.3) is 16.8 Å². The van der Waals surface area contributed by atoms with Gasteiger partial charge in [-0.25, -0.2) is 14.3 Å². The van der Waals surface area contributed by atoms with E-state index in [0.717, 1.165) is 11.6 Å². The van der Waals surface area contributed by atoms with Crippen molar-refractivity contribution in [3.8, 4) is 11.3 Å². The summed E-state index contributed by atoms with van der Waals surface area (Å²) in [5.41, 5.74) is 6.44. The van der Waals surface area contributed by atoms with Gasteiger partial charge in [-0.2, -0.15) is 0 Å². The largest absolute Gasteiger partial charge is 0.478 e. The molecule has 20 heavy (non-hydrogen) atoms. The molecule has 0 radical (unpaired) electrons. The first-order valence-corrected chi connectivity index (χ1v) is 5.78. The molecule has 0 fully saturated rings. The van der Waals surface area contributed by atoms with Crippen molar-refractivity contribution >= 4 is 17.4 Å². The highest BCUT2D eigenvalue weighted by molar-refractivity contribution is 6.00. The van der Waals surface area contributed by atoms with Gasteiger partial charge in [0.25, 0.3) is 5.56 Å². The molecule has 7 nitrogen and oxygen atoms in total. The second-order valence-corrected chi connectivity index (χ2v) is 4.21. The van der Waals surface area contributed by atoms with Crippen molar-refractivity contribution in [2.24, 2.45) is 0 Å². The monoisotopic (exact) mass is 270 g/mol. The van der Waals surface area contributed by atoms with Gasteiger partial charge in [-0.05, 0) is 0 Å². The predicted octanol–water partition coefficient (Wildman–Crippen LogP) is 0.970. The first-order chi connectivity index (χ1) is 9.58. The number of anilines is 1. The Balaban J connectivity index is 2.46. The molecule has 0 aliphatic carbocycles. The van der Waals surface area contributed by atoms with E-state index in [1.54, 1.807) is 12.1 Å². The molecule has 0 amide bonds. The molecule has 0 aliphatic heterocycles. The number of nitrogen functional groups attached to an aromatic ring is 1. The number of nitrogens with zero attached hydrogens (tertiary/aromatic N) is 2. The number of carboxylic acid groups (broad SMARTS) is 1. The second-order valence-electron chi connectivity index (χ2n) is 4.21. The predicted molar refractivity (Wildman–Crippen MR) is 72.6 cm³/mol. The Labute approximate surface area is 112 Å². The van der Waals surface area contributed by atoms with Gasteiger partial charge in [-0.15, -0.1) is 0 Å². The van der Waals surface area contributed by atoms with Gasteiger partial charge in [0.05, 0.1) is 5.56 Å². The van der Waals surface area contributed by atoms with Crippen molar-refractivity contribution in [3.05, 3.63) is 52.3 Å². The molecule has 2 heterocycles. The van der Waals surface area contributed by atoms with Crippen LogP contribution in [0, 0.1) is 0 Å². The minimum Gasteiger partial charge on any atom is -0.478 e. The molecule has 100 valence electrons. The highest BCUT2D eigenvalue weighted by atomic mass is 16.4. The first-order valence-electron chi connectivity index (χ1n) is 5.78. The van der Waals surface area contributed by atoms with E-state index in [1.807, 2.05) is 18.2 Å². The molecule has 1 aromatic carbocycles. The lowest BCUT2D eigenvalue weighted by molar-refractivity contribution is 0.0698. The van der Waals surface area contributed by atoms with Gasteiger partial charge in [0.2, 0.25) is 5.95 Å². The maximum absolute atomic E-state index is 11.5. The van der Waals surface area contributed by atoms with Gasteiger partial charge >= 0.3 is 5.97 Å². The summed E-state index contributed by atoms with van der Waals surface area (Å²) >= 11 is 0. The van der Waals surface area contributed by atoms with Gasteiger partial charge < -0.3 is 10.8 Å². The molecule has 0 unspecified atom stereocenters. The Morgan fingerprint density at radius 3 is 2.65 bits per heavy atom. The molecule has 0 spiro atoms. The molecule has 4 N–H and O–H groups in total. The van der Waals surface area contributed by atoms with Gasteiger partial charge in [-0.1, -0.05) is 30.3 Å². The van der Waals surface area contributed by atoms with E-state index in [0.29, 0.717) is 5.69 Å². The Kier molecular flexibility index (Phi) is 2.53. The summed E-state index contributed by atoms with van der Waals surface area (Å²) in [4.78, 5) is 27.0. The van der Waals surface area contributed by atoms with Crippen LogP contribution in [0.3, 0.4) is 0 Å². The summed E-state index contributed by atoms with van der Waals surface area (Å²) in [6.45, 7) is 0. The fraction of sp³-hybridized carbons (Fsp3) is 0. The highest BCUT2D eigenvalue weighted by Gasteiger charge is 2.19. The number of nitrogens with one attached hydrogen (secondary N) is 1. The van der Waals surface area contributed by atoms with E-state index in [4.69, 9.17) is 5.73 Å². The van der Waals surface area contributed by atoms with Crippen molar-refractivity contribution in [2.45, 2.75) is 0 Å². The Bertz CT molecular complexity index is 864. The number of carbonyl (C=O) groups is 1. The first kappa shape index (κ1) is 12.0. The van der Waals surface area contributed by atoms with Crippen LogP contribution in [0.15, 0.2) is 41.2 Å². The lowest BCUT2D eigenvalue weighted by Gasteiger charge is -2.02. The number of nitrogens with two attached hydrogens (primary N) is 1. The number of aromatic carboxylic acids is 1. The van der Waals surface area contributed by atoms with Crippen molar-refractivity contribution in [2.75, 3.05) is 5.73 Å². The van der Waals surface area contributed by atoms with Gasteiger partial charge in [0.1, 0.15) is 11.2 Å². The van der Waals surface area contributed by atoms with Crippen LogP contribution < -0.4 is 11.3 Å². The Morgan fingerprint density at radius 2 is 2.00 bits per heavy atom. The fourth-order valence-corrected chi connectivity index (χ4v) is 2.10. The quantitative estimate of drug-likeness (QED) is 0.642. The lowest BCUT2D eigenvalue weighted by atomic mass is 10.1. The summed E-state index contributed by atoms with van der Waals surface area (Å²) in [7, 11) is 0. The molecule has 7 heteroatoms. The van der Waals surface area contributed by atoms with E-state index in [1.165, 1.54) is 4.52 Å². The smallest absolute Gasteiger partial charge is 0.338 e. The number of hydrogen-bond donors (Lipinski definition) is 3. The minimum atomic E-state index is -1.21. The summed E-state index contributed by atoms with van der Waals surface area (Å²) in [6, 6.07) is 10.1. The summed E-state index contributed by atoms with van der Waals surface area (Å²) < 4.78 is 1.19. The topological polar surface area (TPSA) is 113 Å². The zero-order valence-electron chi connectivity index (χ0n) is 10.2. The number of H-pyrrole nitrogens is 1. The molecule has 2 aromatic heterocycles. The van der Waals surface area contributed by atoms with Gasteiger partial charge in [0.15, 0.2) is 0 Å². The maximum atomic E-state index is 11.5. The third-order valence-corrected chi connectivity index (χ3v) is 2.93. The van der Waals surface area contributed by atoms with E-state index in [2.05, 4.69) is 10.1 Å². The number of fused-ring (bicyclic) bond motifs is 1. The maximum Gasteiger partial charge on any atom is 0.338 e. The minimum absolute atomic E-state index is 0.0269. The Morgan fingerprint density at radius 1 is 1.30 bits per heavy atom. The molecule has 3 rings (SSSR count). The Hall–Kier alpha value is -3.09. The molecule has 3 aromatic rings. The highest BCUT2D eigenvalue weighted by Crippen LogP contribution is 2.26. The standard InChI is InChI=1S/C13H10N4O3/c14-13-15-10(7-4-2-1-3-5-7)11-8(12(19)20)6-9(18)16-17(11)13/h1-6H,(H2,14,15)(H,16,18)(H,19,20). The van der Waals surface area contributed by atoms with Gasteiger partial charge in [-0.3, -0.25) is 9.89 Å². The van der Waals surface area contributed by atoms with Crippen LogP contribution in [0.1, 0.15) is 10.4 Å². The number of rotatable bonds is 2. The molecular weight excluding hydrogens is 260 g/mol. The van der Waals surface area contributed by atoms with E-state index < -0.39 is 11.5 Å². The summed E-state index contributed by atoms with van der Waals surface area (Å²) in [5.74, 6) is -1.18. The zero-order chi connectivity index (χ0) is 14.3. The van der Waals surface area contributed by atoms with Crippen molar-refractivity contribution in [1.29, 1.82) is 0 Å². The molecule has 0 saturated carbocycles.